The topological polar surface area (TPSA) is 23.9 Å². The molecule has 1 fully saturated rings. The van der Waals surface area contributed by atoms with Crippen LogP contribution in [0.4, 0.5) is 0 Å². The quantitative estimate of drug-likeness (QED) is 0.777. The van der Waals surface area contributed by atoms with Crippen LogP contribution in [0.15, 0.2) is 18.2 Å². The summed E-state index contributed by atoms with van der Waals surface area (Å²) in [6.07, 6.45) is 3.42. The van der Waals surface area contributed by atoms with E-state index in [1.807, 2.05) is 35.7 Å². The molecule has 5 heteroatoms. The molecule has 0 amide bonds. The van der Waals surface area contributed by atoms with Gasteiger partial charge in [-0.15, -0.1) is 23.5 Å². The molecular weight excluding hydrogens is 305 g/mol. The summed E-state index contributed by atoms with van der Waals surface area (Å²) < 4.78 is -0.0671. The lowest BCUT2D eigenvalue weighted by atomic mass is 10.1. The number of aryl methyl sites for hydroxylation is 1. The summed E-state index contributed by atoms with van der Waals surface area (Å²) in [6.45, 7) is 2.22. The fourth-order valence-corrected chi connectivity index (χ4v) is 5.74. The molecular formula is C13H15Cl2NS2. The van der Waals surface area contributed by atoms with Crippen molar-refractivity contribution in [2.75, 3.05) is 5.75 Å². The third kappa shape index (κ3) is 3.38. The molecule has 1 saturated heterocycles. The Kier molecular flexibility index (Phi) is 4.92. The number of rotatable bonds is 4. The fraction of sp³-hybridized carbons (Fsp3) is 0.462. The van der Waals surface area contributed by atoms with E-state index in [1.165, 1.54) is 0 Å². The van der Waals surface area contributed by atoms with Crippen LogP contribution >= 0.6 is 46.7 Å². The van der Waals surface area contributed by atoms with Gasteiger partial charge in [0.25, 0.3) is 0 Å². The maximum absolute atomic E-state index is 7.67. The first kappa shape index (κ1) is 14.6. The molecule has 2 atom stereocenters. The van der Waals surface area contributed by atoms with Crippen molar-refractivity contribution >= 4 is 52.9 Å². The van der Waals surface area contributed by atoms with E-state index < -0.39 is 0 Å². The van der Waals surface area contributed by atoms with E-state index in [9.17, 15) is 0 Å². The van der Waals surface area contributed by atoms with E-state index in [0.29, 0.717) is 10.3 Å². The molecule has 18 heavy (non-hydrogen) atoms. The Labute approximate surface area is 127 Å². The SMILES string of the molecule is CC1CSC(C=N)(CCc2ccc(Cl)cc2Cl)S1. The minimum atomic E-state index is -0.0671. The van der Waals surface area contributed by atoms with Gasteiger partial charge in [0.15, 0.2) is 0 Å². The van der Waals surface area contributed by atoms with Gasteiger partial charge in [0.05, 0.1) is 4.08 Å². The summed E-state index contributed by atoms with van der Waals surface area (Å²) >= 11 is 15.8. The maximum atomic E-state index is 7.67. The summed E-state index contributed by atoms with van der Waals surface area (Å²) in [7, 11) is 0. The molecule has 0 bridgehead atoms. The van der Waals surface area contributed by atoms with E-state index >= 15 is 0 Å². The number of halogens is 2. The molecule has 0 saturated carbocycles. The lowest BCUT2D eigenvalue weighted by Gasteiger charge is -2.22. The molecule has 1 heterocycles. The van der Waals surface area contributed by atoms with E-state index in [0.717, 1.165) is 29.2 Å². The monoisotopic (exact) mass is 319 g/mol. The van der Waals surface area contributed by atoms with Crippen LogP contribution in [0, 0.1) is 5.41 Å². The molecule has 0 aromatic heterocycles. The molecule has 2 unspecified atom stereocenters. The molecule has 1 aromatic rings. The van der Waals surface area contributed by atoms with Crippen LogP contribution in [-0.4, -0.2) is 21.3 Å². The minimum absolute atomic E-state index is 0.0671. The lowest BCUT2D eigenvalue weighted by molar-refractivity contribution is 0.853. The van der Waals surface area contributed by atoms with Crippen molar-refractivity contribution in [1.29, 1.82) is 5.41 Å². The van der Waals surface area contributed by atoms with Gasteiger partial charge in [-0.25, -0.2) is 0 Å². The number of hydrogen-bond donors (Lipinski definition) is 1. The van der Waals surface area contributed by atoms with E-state index in [1.54, 1.807) is 12.3 Å². The molecule has 0 spiro atoms. The summed E-state index contributed by atoms with van der Waals surface area (Å²) in [5.41, 5.74) is 1.11. The van der Waals surface area contributed by atoms with Gasteiger partial charge in [-0.2, -0.15) is 0 Å². The van der Waals surface area contributed by atoms with Gasteiger partial charge in [0.1, 0.15) is 0 Å². The Balaban J connectivity index is 2.04. The Morgan fingerprint density at radius 2 is 2.28 bits per heavy atom. The third-order valence-electron chi connectivity index (χ3n) is 2.94. The Morgan fingerprint density at radius 1 is 1.50 bits per heavy atom. The van der Waals surface area contributed by atoms with E-state index in [-0.39, 0.29) is 4.08 Å². The zero-order valence-electron chi connectivity index (χ0n) is 10.1. The second kappa shape index (κ2) is 6.08. The molecule has 1 nitrogen and oxygen atoms in total. The average molecular weight is 320 g/mol. The van der Waals surface area contributed by atoms with Crippen molar-refractivity contribution in [2.24, 2.45) is 0 Å². The van der Waals surface area contributed by atoms with Crippen molar-refractivity contribution in [3.63, 3.8) is 0 Å². The van der Waals surface area contributed by atoms with Gasteiger partial charge in [0.2, 0.25) is 0 Å². The van der Waals surface area contributed by atoms with Gasteiger partial charge in [-0.3, -0.25) is 0 Å². The normalized spacial score (nSPS) is 27.4. The van der Waals surface area contributed by atoms with Crippen molar-refractivity contribution in [1.82, 2.24) is 0 Å². The summed E-state index contributed by atoms with van der Waals surface area (Å²) in [5, 5.41) is 9.69. The highest BCUT2D eigenvalue weighted by molar-refractivity contribution is 8.22. The van der Waals surface area contributed by atoms with Gasteiger partial charge < -0.3 is 5.41 Å². The van der Waals surface area contributed by atoms with Crippen molar-refractivity contribution in [3.05, 3.63) is 33.8 Å². The van der Waals surface area contributed by atoms with Gasteiger partial charge in [0, 0.05) is 27.3 Å². The molecule has 0 aliphatic carbocycles. The second-order valence-electron chi connectivity index (χ2n) is 4.43. The molecule has 0 radical (unpaired) electrons. The van der Waals surface area contributed by atoms with Crippen LogP contribution in [0.2, 0.25) is 10.0 Å². The minimum Gasteiger partial charge on any atom is -0.311 e. The number of hydrogen-bond acceptors (Lipinski definition) is 3. The summed E-state index contributed by atoms with van der Waals surface area (Å²) in [4.78, 5) is 0. The second-order valence-corrected chi connectivity index (χ2v) is 8.65. The molecule has 98 valence electrons. The van der Waals surface area contributed by atoms with E-state index in [4.69, 9.17) is 28.6 Å². The molecule has 1 aromatic carbocycles. The predicted octanol–water partition coefficient (Wildman–Crippen LogP) is 5.14. The van der Waals surface area contributed by atoms with E-state index in [2.05, 4.69) is 6.92 Å². The molecule has 1 N–H and O–H groups in total. The highest BCUT2D eigenvalue weighted by Gasteiger charge is 2.37. The molecule has 1 aliphatic rings. The smallest absolute Gasteiger partial charge is 0.0960 e. The molecule has 1 aliphatic heterocycles. The zero-order chi connectivity index (χ0) is 13.2. The molecule has 2 rings (SSSR count). The van der Waals surface area contributed by atoms with Crippen molar-refractivity contribution < 1.29 is 0 Å². The summed E-state index contributed by atoms with van der Waals surface area (Å²) in [6, 6.07) is 5.64. The highest BCUT2D eigenvalue weighted by Crippen LogP contribution is 2.49. The standard InChI is InChI=1S/C13H15Cl2NS2/c1-9-7-17-13(8-16,18-9)5-4-10-2-3-11(14)6-12(10)15/h2-3,6,8-9,16H,4-5,7H2,1H3. The predicted molar refractivity (Wildman–Crippen MR) is 85.8 cm³/mol. The summed E-state index contributed by atoms with van der Waals surface area (Å²) in [5.74, 6) is 1.12. The van der Waals surface area contributed by atoms with Crippen LogP contribution in [0.1, 0.15) is 18.9 Å². The van der Waals surface area contributed by atoms with Crippen LogP contribution in [0.3, 0.4) is 0 Å². The maximum Gasteiger partial charge on any atom is 0.0960 e. The first-order valence-corrected chi connectivity index (χ1v) is 8.44. The Bertz CT molecular complexity index is 453. The zero-order valence-corrected chi connectivity index (χ0v) is 13.2. The van der Waals surface area contributed by atoms with Crippen molar-refractivity contribution in [2.45, 2.75) is 29.1 Å². The first-order chi connectivity index (χ1) is 8.54. The highest BCUT2D eigenvalue weighted by atomic mass is 35.5. The third-order valence-corrected chi connectivity index (χ3v) is 7.15. The van der Waals surface area contributed by atoms with Crippen LogP contribution < -0.4 is 0 Å². The number of benzene rings is 1. The lowest BCUT2D eigenvalue weighted by Crippen LogP contribution is -2.20. The number of nitrogens with one attached hydrogen (secondary N) is 1. The van der Waals surface area contributed by atoms with Crippen LogP contribution in [0.5, 0.6) is 0 Å². The van der Waals surface area contributed by atoms with Crippen molar-refractivity contribution in [3.8, 4) is 0 Å². The van der Waals surface area contributed by atoms with Gasteiger partial charge in [-0.05, 0) is 30.5 Å². The number of thioether (sulfide) groups is 2. The van der Waals surface area contributed by atoms with Crippen LogP contribution in [-0.2, 0) is 6.42 Å². The average Bonchev–Trinajstić information content (AvgIpc) is 2.71. The van der Waals surface area contributed by atoms with Gasteiger partial charge in [-0.1, -0.05) is 36.2 Å². The fourth-order valence-electron chi connectivity index (χ4n) is 1.98. The Hall–Kier alpha value is 0.170. The first-order valence-electron chi connectivity index (χ1n) is 5.82. The van der Waals surface area contributed by atoms with Crippen LogP contribution in [0.25, 0.3) is 0 Å². The Morgan fingerprint density at radius 3 is 2.83 bits per heavy atom. The largest absolute Gasteiger partial charge is 0.311 e. The van der Waals surface area contributed by atoms with Gasteiger partial charge >= 0.3 is 0 Å².